The zero-order valence-electron chi connectivity index (χ0n) is 19.5. The smallest absolute Gasteiger partial charge is 0.191 e. The van der Waals surface area contributed by atoms with Crippen LogP contribution in [0.5, 0.6) is 0 Å². The largest absolute Gasteiger partial charge is 0.355 e. The Morgan fingerprint density at radius 3 is 2.41 bits per heavy atom. The molecule has 1 atom stereocenters. The SMILES string of the molecule is CN=C(NCC(C)N1CCc2ccccc2C1)NC1CCN(Cc2ccccc2)CC1.I. The van der Waals surface area contributed by atoms with Gasteiger partial charge in [0.2, 0.25) is 0 Å². The minimum absolute atomic E-state index is 0. The lowest BCUT2D eigenvalue weighted by Crippen LogP contribution is -2.51. The topological polar surface area (TPSA) is 42.9 Å². The van der Waals surface area contributed by atoms with E-state index in [4.69, 9.17) is 0 Å². The van der Waals surface area contributed by atoms with E-state index in [-0.39, 0.29) is 24.0 Å². The molecule has 0 bridgehead atoms. The predicted octanol–water partition coefficient (Wildman–Crippen LogP) is 3.88. The average Bonchev–Trinajstić information content (AvgIpc) is 2.83. The maximum Gasteiger partial charge on any atom is 0.191 e. The average molecular weight is 548 g/mol. The van der Waals surface area contributed by atoms with Gasteiger partial charge in [-0.05, 0) is 42.9 Å². The summed E-state index contributed by atoms with van der Waals surface area (Å²) in [6.45, 7) is 8.72. The number of guanidine groups is 1. The van der Waals surface area contributed by atoms with Crippen molar-refractivity contribution in [2.24, 2.45) is 4.99 Å². The van der Waals surface area contributed by atoms with Crippen molar-refractivity contribution in [3.63, 3.8) is 0 Å². The number of nitrogens with zero attached hydrogens (tertiary/aromatic N) is 3. The van der Waals surface area contributed by atoms with Crippen LogP contribution in [0.3, 0.4) is 0 Å². The summed E-state index contributed by atoms with van der Waals surface area (Å²) < 4.78 is 0. The molecule has 2 heterocycles. The summed E-state index contributed by atoms with van der Waals surface area (Å²) in [4.78, 5) is 9.61. The van der Waals surface area contributed by atoms with Crippen molar-refractivity contribution in [3.8, 4) is 0 Å². The minimum Gasteiger partial charge on any atom is -0.355 e. The summed E-state index contributed by atoms with van der Waals surface area (Å²) in [6, 6.07) is 20.6. The number of halogens is 1. The van der Waals surface area contributed by atoms with Gasteiger partial charge in [0.15, 0.2) is 5.96 Å². The third kappa shape index (κ3) is 6.93. The van der Waals surface area contributed by atoms with Crippen molar-refractivity contribution in [2.45, 2.75) is 51.4 Å². The molecular formula is C26H38IN5. The molecule has 2 aliphatic heterocycles. The van der Waals surface area contributed by atoms with Crippen LogP contribution in [-0.4, -0.2) is 61.1 Å². The Balaban J connectivity index is 0.00000289. The molecule has 5 nitrogen and oxygen atoms in total. The summed E-state index contributed by atoms with van der Waals surface area (Å²) in [5.74, 6) is 0.936. The summed E-state index contributed by atoms with van der Waals surface area (Å²) >= 11 is 0. The summed E-state index contributed by atoms with van der Waals surface area (Å²) in [6.07, 6.45) is 3.47. The lowest BCUT2D eigenvalue weighted by molar-refractivity contribution is 0.189. The van der Waals surface area contributed by atoms with Crippen LogP contribution in [0.1, 0.15) is 36.5 Å². The molecular weight excluding hydrogens is 509 g/mol. The quantitative estimate of drug-likeness (QED) is 0.328. The van der Waals surface area contributed by atoms with Gasteiger partial charge in [0.05, 0.1) is 0 Å². The Morgan fingerprint density at radius 2 is 1.69 bits per heavy atom. The van der Waals surface area contributed by atoms with Gasteiger partial charge in [-0.1, -0.05) is 54.6 Å². The second-order valence-corrected chi connectivity index (χ2v) is 8.97. The highest BCUT2D eigenvalue weighted by Gasteiger charge is 2.22. The van der Waals surface area contributed by atoms with Gasteiger partial charge in [0.25, 0.3) is 0 Å². The molecule has 0 aliphatic carbocycles. The standard InChI is InChI=1S/C26H37N5.HI/c1-21(31-17-12-23-10-6-7-11-24(23)20-31)18-28-26(27-2)29-25-13-15-30(16-14-25)19-22-8-4-3-5-9-22;/h3-11,21,25H,12-20H2,1-2H3,(H2,27,28,29);1H. The normalized spacial score (nSPS) is 19.0. The molecule has 0 spiro atoms. The molecule has 1 saturated heterocycles. The highest BCUT2D eigenvalue weighted by atomic mass is 127. The molecule has 0 amide bonds. The first-order chi connectivity index (χ1) is 15.2. The number of nitrogens with one attached hydrogen (secondary N) is 2. The third-order valence-corrected chi connectivity index (χ3v) is 6.75. The first kappa shape index (κ1) is 25.0. The molecule has 0 radical (unpaired) electrons. The molecule has 4 rings (SSSR count). The molecule has 2 N–H and O–H groups in total. The first-order valence-corrected chi connectivity index (χ1v) is 11.8. The van der Waals surface area contributed by atoms with Gasteiger partial charge in [-0.25, -0.2) is 0 Å². The van der Waals surface area contributed by atoms with E-state index in [9.17, 15) is 0 Å². The number of piperidine rings is 1. The van der Waals surface area contributed by atoms with Gasteiger partial charge < -0.3 is 10.6 Å². The van der Waals surface area contributed by atoms with Crippen molar-refractivity contribution in [1.82, 2.24) is 20.4 Å². The molecule has 174 valence electrons. The molecule has 6 heteroatoms. The van der Waals surface area contributed by atoms with E-state index in [0.29, 0.717) is 12.1 Å². The molecule has 1 unspecified atom stereocenters. The van der Waals surface area contributed by atoms with Crippen LogP contribution in [0.15, 0.2) is 59.6 Å². The lowest BCUT2D eigenvalue weighted by Gasteiger charge is -2.35. The number of aliphatic imine (C=N–C) groups is 1. The maximum absolute atomic E-state index is 4.48. The van der Waals surface area contributed by atoms with Crippen LogP contribution >= 0.6 is 24.0 Å². The van der Waals surface area contributed by atoms with Crippen LogP contribution in [0.4, 0.5) is 0 Å². The third-order valence-electron chi connectivity index (χ3n) is 6.75. The second kappa shape index (κ2) is 12.6. The van der Waals surface area contributed by atoms with Crippen molar-refractivity contribution in [3.05, 3.63) is 71.3 Å². The molecule has 0 saturated carbocycles. The van der Waals surface area contributed by atoms with E-state index in [1.807, 2.05) is 7.05 Å². The molecule has 1 fully saturated rings. The Kier molecular flexibility index (Phi) is 9.81. The predicted molar refractivity (Wildman–Crippen MR) is 145 cm³/mol. The fourth-order valence-corrected chi connectivity index (χ4v) is 4.73. The molecule has 32 heavy (non-hydrogen) atoms. The Hall–Kier alpha value is -1.64. The Bertz CT molecular complexity index is 848. The number of hydrogen-bond donors (Lipinski definition) is 2. The van der Waals surface area contributed by atoms with Crippen molar-refractivity contribution in [2.75, 3.05) is 33.2 Å². The van der Waals surface area contributed by atoms with E-state index >= 15 is 0 Å². The van der Waals surface area contributed by atoms with Gasteiger partial charge in [0.1, 0.15) is 0 Å². The number of fused-ring (bicyclic) bond motifs is 1. The van der Waals surface area contributed by atoms with Crippen LogP contribution in [0, 0.1) is 0 Å². The lowest BCUT2D eigenvalue weighted by atomic mass is 9.99. The monoisotopic (exact) mass is 547 g/mol. The van der Waals surface area contributed by atoms with Crippen LogP contribution < -0.4 is 10.6 Å². The molecule has 2 aromatic rings. The summed E-state index contributed by atoms with van der Waals surface area (Å²) in [5, 5.41) is 7.23. The number of rotatable bonds is 6. The molecule has 0 aromatic heterocycles. The van der Waals surface area contributed by atoms with E-state index in [2.05, 4.69) is 86.9 Å². The fraction of sp³-hybridized carbons (Fsp3) is 0.500. The van der Waals surface area contributed by atoms with E-state index in [0.717, 1.165) is 64.5 Å². The molecule has 2 aliphatic rings. The minimum atomic E-state index is 0. The van der Waals surface area contributed by atoms with Crippen LogP contribution in [0.25, 0.3) is 0 Å². The van der Waals surface area contributed by atoms with Crippen molar-refractivity contribution >= 4 is 29.9 Å². The van der Waals surface area contributed by atoms with Gasteiger partial charge in [-0.2, -0.15) is 0 Å². The first-order valence-electron chi connectivity index (χ1n) is 11.8. The van der Waals surface area contributed by atoms with Gasteiger partial charge in [-0.15, -0.1) is 24.0 Å². The zero-order chi connectivity index (χ0) is 21.5. The summed E-state index contributed by atoms with van der Waals surface area (Å²) in [7, 11) is 1.88. The van der Waals surface area contributed by atoms with E-state index < -0.39 is 0 Å². The van der Waals surface area contributed by atoms with Crippen LogP contribution in [-0.2, 0) is 19.5 Å². The summed E-state index contributed by atoms with van der Waals surface area (Å²) in [5.41, 5.74) is 4.39. The van der Waals surface area contributed by atoms with Gasteiger partial charge >= 0.3 is 0 Å². The molecule has 2 aromatic carbocycles. The maximum atomic E-state index is 4.48. The fourth-order valence-electron chi connectivity index (χ4n) is 4.73. The van der Waals surface area contributed by atoms with Crippen LogP contribution in [0.2, 0.25) is 0 Å². The zero-order valence-corrected chi connectivity index (χ0v) is 21.8. The van der Waals surface area contributed by atoms with Gasteiger partial charge in [0, 0.05) is 58.4 Å². The van der Waals surface area contributed by atoms with Gasteiger partial charge in [-0.3, -0.25) is 14.8 Å². The highest BCUT2D eigenvalue weighted by molar-refractivity contribution is 14.0. The van der Waals surface area contributed by atoms with Crippen molar-refractivity contribution in [1.29, 1.82) is 0 Å². The number of hydrogen-bond acceptors (Lipinski definition) is 3. The van der Waals surface area contributed by atoms with E-state index in [1.165, 1.54) is 16.7 Å². The second-order valence-electron chi connectivity index (χ2n) is 8.97. The number of likely N-dealkylation sites (tertiary alicyclic amines) is 1. The van der Waals surface area contributed by atoms with Crippen molar-refractivity contribution < 1.29 is 0 Å². The highest BCUT2D eigenvalue weighted by Crippen LogP contribution is 2.20. The number of benzene rings is 2. The Labute approximate surface area is 210 Å². The Morgan fingerprint density at radius 1 is 1.00 bits per heavy atom. The van der Waals surface area contributed by atoms with E-state index in [1.54, 1.807) is 0 Å².